The molecule has 4 rings (SSSR count). The molecule has 0 unspecified atom stereocenters. The van der Waals surface area contributed by atoms with Crippen molar-refractivity contribution in [2.24, 2.45) is 0 Å². The predicted octanol–water partition coefficient (Wildman–Crippen LogP) is 2.36. The van der Waals surface area contributed by atoms with Crippen LogP contribution in [0.4, 0.5) is 5.69 Å². The van der Waals surface area contributed by atoms with Crippen molar-refractivity contribution < 1.29 is 16.4 Å². The van der Waals surface area contributed by atoms with Crippen molar-refractivity contribution in [3.63, 3.8) is 0 Å². The van der Waals surface area contributed by atoms with Gasteiger partial charge in [0.05, 0.1) is 13.7 Å². The lowest BCUT2D eigenvalue weighted by Crippen LogP contribution is -2.46. The van der Waals surface area contributed by atoms with E-state index in [0.717, 1.165) is 0 Å². The summed E-state index contributed by atoms with van der Waals surface area (Å²) in [4.78, 5) is 16.1. The largest absolute Gasteiger partial charge is 0.369 e. The Labute approximate surface area is 174 Å². The van der Waals surface area contributed by atoms with Gasteiger partial charge in [-0.1, -0.05) is 23.7 Å². The maximum Gasteiger partial charge on any atom is 0.350 e. The van der Waals surface area contributed by atoms with E-state index in [2.05, 4.69) is 5.10 Å². The monoisotopic (exact) mass is 383 g/mol. The van der Waals surface area contributed by atoms with Gasteiger partial charge in [0.25, 0.3) is 0 Å². The van der Waals surface area contributed by atoms with Gasteiger partial charge in [0, 0.05) is 58.8 Å². The SMILES string of the molecule is [2H]c1c([2H])c(Cl)c([2H])c(N2CCN(CC([2H])([2H])C([2H])([2H])n3nc4c([2H])c([2H])c([2H])c([2H])n4c3=O)CC2)c1[2H]. The third-order valence-corrected chi connectivity index (χ3v) is 4.13. The van der Waals surface area contributed by atoms with Crippen molar-refractivity contribution in [1.29, 1.82) is 0 Å². The number of aryl methyl sites for hydroxylation is 1. The highest BCUT2D eigenvalue weighted by Gasteiger charge is 2.17. The summed E-state index contributed by atoms with van der Waals surface area (Å²) in [5, 5.41) is 3.48. The van der Waals surface area contributed by atoms with Gasteiger partial charge in [0.2, 0.25) is 0 Å². The molecule has 7 heteroatoms. The molecule has 3 heterocycles. The molecule has 26 heavy (non-hydrogen) atoms. The van der Waals surface area contributed by atoms with Gasteiger partial charge in [-0.15, -0.1) is 5.10 Å². The Morgan fingerprint density at radius 1 is 1.15 bits per heavy atom. The molecular formula is C19H22ClN5O. The number of hydrogen-bond donors (Lipinski definition) is 0. The number of fused-ring (bicyclic) bond motifs is 1. The summed E-state index contributed by atoms with van der Waals surface area (Å²) in [5.74, 6) is 0. The summed E-state index contributed by atoms with van der Waals surface area (Å²) >= 11 is 6.00. The van der Waals surface area contributed by atoms with Crippen LogP contribution in [0.1, 0.15) is 22.8 Å². The normalized spacial score (nSPS) is 23.3. The van der Waals surface area contributed by atoms with Gasteiger partial charge in [-0.25, -0.2) is 9.48 Å². The molecule has 3 aromatic rings. The zero-order valence-electron chi connectivity index (χ0n) is 25.6. The Bertz CT molecular complexity index is 1470. The van der Waals surface area contributed by atoms with Crippen molar-refractivity contribution in [1.82, 2.24) is 19.1 Å². The fraction of sp³-hybridized carbons (Fsp3) is 0.368. The van der Waals surface area contributed by atoms with E-state index in [1.54, 1.807) is 9.80 Å². The van der Waals surface area contributed by atoms with E-state index in [1.807, 2.05) is 0 Å². The first-order valence-corrected chi connectivity index (χ1v) is 8.22. The van der Waals surface area contributed by atoms with Crippen molar-refractivity contribution in [3.8, 4) is 0 Å². The molecule has 0 radical (unpaired) electrons. The number of nitrogens with zero attached hydrogens (tertiary/aromatic N) is 5. The first kappa shape index (κ1) is 8.15. The number of hydrogen-bond acceptors (Lipinski definition) is 4. The Balaban J connectivity index is 1.58. The number of benzene rings is 1. The van der Waals surface area contributed by atoms with Crippen molar-refractivity contribution >= 4 is 22.9 Å². The zero-order valence-corrected chi connectivity index (χ0v) is 14.3. The van der Waals surface area contributed by atoms with E-state index in [0.29, 0.717) is 4.40 Å². The predicted molar refractivity (Wildman–Crippen MR) is 104 cm³/mol. The van der Waals surface area contributed by atoms with Crippen LogP contribution in [0.2, 0.25) is 5.02 Å². The molecule has 6 nitrogen and oxygen atoms in total. The van der Waals surface area contributed by atoms with Crippen LogP contribution < -0.4 is 10.6 Å². The Morgan fingerprint density at radius 3 is 2.85 bits per heavy atom. The van der Waals surface area contributed by atoms with Crippen LogP contribution in [-0.4, -0.2) is 51.8 Å². The smallest absolute Gasteiger partial charge is 0.350 e. The van der Waals surface area contributed by atoms with Crippen LogP contribution in [-0.2, 0) is 6.50 Å². The first-order chi connectivity index (χ1) is 17.5. The number of aromatic nitrogens is 3. The van der Waals surface area contributed by atoms with E-state index < -0.39 is 67.1 Å². The number of rotatable bonds is 5. The Morgan fingerprint density at radius 2 is 2.00 bits per heavy atom. The molecule has 0 amide bonds. The fourth-order valence-electron chi connectivity index (χ4n) is 2.61. The molecule has 0 aliphatic carbocycles. The third-order valence-electron chi connectivity index (χ3n) is 3.94. The summed E-state index contributed by atoms with van der Waals surface area (Å²) in [6, 6.07) is -3.42. The van der Waals surface area contributed by atoms with Gasteiger partial charge in [-0.2, -0.15) is 0 Å². The van der Waals surface area contributed by atoms with Gasteiger partial charge in [0.1, 0.15) is 0 Å². The van der Waals surface area contributed by atoms with Crippen molar-refractivity contribution in [2.75, 3.05) is 37.6 Å². The zero-order chi connectivity index (χ0) is 28.5. The van der Waals surface area contributed by atoms with E-state index in [4.69, 9.17) is 28.1 Å². The minimum Gasteiger partial charge on any atom is -0.369 e. The molecule has 1 aliphatic rings. The van der Waals surface area contributed by atoms with Crippen LogP contribution in [0.15, 0.2) is 53.3 Å². The van der Waals surface area contributed by atoms with E-state index >= 15 is 0 Å². The summed E-state index contributed by atoms with van der Waals surface area (Å²) in [6.45, 7) is -2.78. The lowest BCUT2D eigenvalue weighted by molar-refractivity contribution is 0.248. The molecule has 0 saturated carbocycles. The van der Waals surface area contributed by atoms with E-state index in [-0.39, 0.29) is 53.7 Å². The molecular weight excluding hydrogens is 350 g/mol. The second-order valence-corrected chi connectivity index (χ2v) is 5.93. The highest BCUT2D eigenvalue weighted by atomic mass is 35.5. The average Bonchev–Trinajstić information content (AvgIpc) is 3.22. The average molecular weight is 384 g/mol. The summed E-state index contributed by atoms with van der Waals surface area (Å²) < 4.78 is 97.9. The molecule has 1 aromatic carbocycles. The molecule has 136 valence electrons. The van der Waals surface area contributed by atoms with Crippen molar-refractivity contribution in [2.45, 2.75) is 12.9 Å². The fourth-order valence-corrected chi connectivity index (χ4v) is 2.75. The number of anilines is 1. The lowest BCUT2D eigenvalue weighted by Gasteiger charge is -2.36. The lowest BCUT2D eigenvalue weighted by atomic mass is 10.2. The topological polar surface area (TPSA) is 45.8 Å². The van der Waals surface area contributed by atoms with Crippen LogP contribution >= 0.6 is 11.6 Å². The maximum atomic E-state index is 12.9. The first-order valence-electron chi connectivity index (χ1n) is 13.8. The minimum absolute atomic E-state index is 0.0881. The van der Waals surface area contributed by atoms with E-state index in [9.17, 15) is 4.79 Å². The van der Waals surface area contributed by atoms with Crippen molar-refractivity contribution in [3.05, 3.63) is 64.0 Å². The molecule has 0 N–H and O–H groups in total. The van der Waals surface area contributed by atoms with Gasteiger partial charge in [0.15, 0.2) is 5.65 Å². The third kappa shape index (κ3) is 3.61. The Hall–Kier alpha value is -2.31. The highest BCUT2D eigenvalue weighted by Crippen LogP contribution is 2.20. The van der Waals surface area contributed by atoms with Gasteiger partial charge in [-0.3, -0.25) is 9.30 Å². The second kappa shape index (κ2) is 7.51. The highest BCUT2D eigenvalue weighted by molar-refractivity contribution is 6.30. The minimum atomic E-state index is -3.04. The quantitative estimate of drug-likeness (QED) is 0.678. The number of halogens is 1. The molecule has 0 atom stereocenters. The van der Waals surface area contributed by atoms with Crippen LogP contribution in [0, 0.1) is 0 Å². The summed E-state index contributed by atoms with van der Waals surface area (Å²) in [6.07, 6.45) is -3.47. The van der Waals surface area contributed by atoms with Crippen LogP contribution in [0.3, 0.4) is 0 Å². The van der Waals surface area contributed by atoms with Gasteiger partial charge in [-0.05, 0) is 36.6 Å². The summed E-state index contributed by atoms with van der Waals surface area (Å²) in [7, 11) is 0. The van der Waals surface area contributed by atoms with Crippen LogP contribution in [0.25, 0.3) is 5.65 Å². The molecule has 1 saturated heterocycles. The molecule has 0 spiro atoms. The Kier molecular flexibility index (Phi) is 2.35. The molecule has 1 aliphatic heterocycles. The summed E-state index contributed by atoms with van der Waals surface area (Å²) in [5.41, 5.74) is -1.69. The molecule has 1 fully saturated rings. The number of pyridine rings is 1. The standard InChI is InChI=1S/C19H22ClN5O/c20-16-5-3-6-17(15-16)23-13-11-22(12-14-23)8-4-10-25-19(26)24-9-2-1-7-18(24)21-25/h1-3,5-7,9,15H,4,8,10-14H2/i1D,2D,3D,4D2,5D,6D,7D,9D,10D2,15D. The van der Waals surface area contributed by atoms with E-state index in [1.165, 1.54) is 0 Å². The van der Waals surface area contributed by atoms with Gasteiger partial charge < -0.3 is 4.90 Å². The molecule has 2 aromatic heterocycles. The van der Waals surface area contributed by atoms with Crippen LogP contribution in [0.5, 0.6) is 0 Å². The molecule has 0 bridgehead atoms. The number of piperazine rings is 1. The maximum absolute atomic E-state index is 12.9. The second-order valence-electron chi connectivity index (χ2n) is 5.55. The van der Waals surface area contributed by atoms with Gasteiger partial charge >= 0.3 is 5.69 Å².